The molecule has 0 spiro atoms. The van der Waals surface area contributed by atoms with Crippen molar-refractivity contribution in [3.63, 3.8) is 0 Å². The minimum atomic E-state index is 0.321. The van der Waals surface area contributed by atoms with Crippen molar-refractivity contribution < 1.29 is 0 Å². The van der Waals surface area contributed by atoms with Crippen LogP contribution >= 0.6 is 35.0 Å². The van der Waals surface area contributed by atoms with E-state index in [-0.39, 0.29) is 0 Å². The minimum Gasteiger partial charge on any atom is -0.382 e. The molecule has 1 fully saturated rings. The fourth-order valence-electron chi connectivity index (χ4n) is 2.26. The molecule has 0 aromatic carbocycles. The molecule has 1 aliphatic carbocycles. The van der Waals surface area contributed by atoms with Gasteiger partial charge in [-0.05, 0) is 24.7 Å². The smallest absolute Gasteiger partial charge is 0.147 e. The van der Waals surface area contributed by atoms with E-state index in [1.807, 2.05) is 11.8 Å². The van der Waals surface area contributed by atoms with Crippen LogP contribution in [0.2, 0.25) is 10.0 Å². The molecule has 0 amide bonds. The monoisotopic (exact) mass is 305 g/mol. The molecule has 2 rings (SSSR count). The van der Waals surface area contributed by atoms with E-state index in [1.54, 1.807) is 6.07 Å². The molecular weight excluding hydrogens is 289 g/mol. The molecule has 0 radical (unpaired) electrons. The van der Waals surface area contributed by atoms with Gasteiger partial charge in [0.25, 0.3) is 0 Å². The van der Waals surface area contributed by atoms with Crippen LogP contribution in [0.15, 0.2) is 6.07 Å². The van der Waals surface area contributed by atoms with Crippen LogP contribution in [0.3, 0.4) is 0 Å². The van der Waals surface area contributed by atoms with Crippen LogP contribution < -0.4 is 11.1 Å². The summed E-state index contributed by atoms with van der Waals surface area (Å²) in [6, 6.07) is 2.06. The molecular formula is C12H17Cl2N3S. The number of rotatable bonds is 4. The van der Waals surface area contributed by atoms with E-state index in [1.165, 1.54) is 12.8 Å². The standard InChI is InChI=1S/C12H17Cl2N3S/c1-2-18-10-5-3-4-9(10)16-12-8(14)6-7(13)11(15)17-12/h6,9-10H,2-5H2,1H3,(H3,15,16,17). The van der Waals surface area contributed by atoms with Crippen LogP contribution in [0, 0.1) is 0 Å². The summed E-state index contributed by atoms with van der Waals surface area (Å²) in [6.45, 7) is 2.19. The van der Waals surface area contributed by atoms with Gasteiger partial charge in [-0.2, -0.15) is 11.8 Å². The second-order valence-electron chi connectivity index (χ2n) is 4.36. The van der Waals surface area contributed by atoms with E-state index in [2.05, 4.69) is 17.2 Å². The molecule has 0 saturated heterocycles. The summed E-state index contributed by atoms with van der Waals surface area (Å²) >= 11 is 14.0. The van der Waals surface area contributed by atoms with Crippen LogP contribution in [0.4, 0.5) is 11.6 Å². The van der Waals surface area contributed by atoms with Crippen LogP contribution in [-0.2, 0) is 0 Å². The van der Waals surface area contributed by atoms with Crippen molar-refractivity contribution in [1.82, 2.24) is 4.98 Å². The van der Waals surface area contributed by atoms with Gasteiger partial charge in [0.2, 0.25) is 0 Å². The van der Waals surface area contributed by atoms with E-state index in [0.717, 1.165) is 12.2 Å². The van der Waals surface area contributed by atoms with Gasteiger partial charge in [0.1, 0.15) is 11.6 Å². The van der Waals surface area contributed by atoms with Crippen molar-refractivity contribution in [3.05, 3.63) is 16.1 Å². The Hall–Kier alpha value is -0.320. The number of anilines is 2. The number of halogens is 2. The molecule has 1 saturated carbocycles. The quantitative estimate of drug-likeness (QED) is 0.881. The highest BCUT2D eigenvalue weighted by molar-refractivity contribution is 7.99. The Bertz CT molecular complexity index is 428. The third-order valence-electron chi connectivity index (χ3n) is 3.11. The largest absolute Gasteiger partial charge is 0.382 e. The number of aromatic nitrogens is 1. The summed E-state index contributed by atoms with van der Waals surface area (Å²) in [4.78, 5) is 4.22. The predicted molar refractivity (Wildman–Crippen MR) is 81.9 cm³/mol. The highest BCUT2D eigenvalue weighted by Gasteiger charge is 2.27. The number of nitrogens with one attached hydrogen (secondary N) is 1. The first-order chi connectivity index (χ1) is 8.61. The van der Waals surface area contributed by atoms with Gasteiger partial charge < -0.3 is 11.1 Å². The fourth-order valence-corrected chi connectivity index (χ4v) is 3.87. The number of pyridine rings is 1. The number of hydrogen-bond donors (Lipinski definition) is 2. The summed E-state index contributed by atoms with van der Waals surface area (Å²) in [5.41, 5.74) is 5.71. The number of nitrogens with zero attached hydrogens (tertiary/aromatic N) is 1. The normalized spacial score (nSPS) is 23.3. The molecule has 1 heterocycles. The molecule has 18 heavy (non-hydrogen) atoms. The second-order valence-corrected chi connectivity index (χ2v) is 6.69. The van der Waals surface area contributed by atoms with Crippen molar-refractivity contribution in [2.75, 3.05) is 16.8 Å². The molecule has 2 atom stereocenters. The number of nitrogens with two attached hydrogens (primary N) is 1. The molecule has 1 aliphatic rings. The van der Waals surface area contributed by atoms with Gasteiger partial charge in [-0.25, -0.2) is 4.98 Å². The van der Waals surface area contributed by atoms with Crippen LogP contribution in [0.25, 0.3) is 0 Å². The summed E-state index contributed by atoms with van der Waals surface area (Å²) in [6.07, 6.45) is 3.64. The maximum Gasteiger partial charge on any atom is 0.147 e. The van der Waals surface area contributed by atoms with Crippen molar-refractivity contribution in [1.29, 1.82) is 0 Å². The Morgan fingerprint density at radius 1 is 1.44 bits per heavy atom. The van der Waals surface area contributed by atoms with Crippen molar-refractivity contribution in [2.24, 2.45) is 0 Å². The Morgan fingerprint density at radius 2 is 2.22 bits per heavy atom. The second kappa shape index (κ2) is 6.22. The summed E-state index contributed by atoms with van der Waals surface area (Å²) in [5.74, 6) is 2.10. The minimum absolute atomic E-state index is 0.321. The van der Waals surface area contributed by atoms with E-state index in [9.17, 15) is 0 Å². The summed E-state index contributed by atoms with van der Waals surface area (Å²) < 4.78 is 0. The van der Waals surface area contributed by atoms with E-state index in [0.29, 0.717) is 33.0 Å². The molecule has 3 nitrogen and oxygen atoms in total. The Balaban J connectivity index is 2.11. The zero-order valence-electron chi connectivity index (χ0n) is 10.2. The molecule has 6 heteroatoms. The lowest BCUT2D eigenvalue weighted by Gasteiger charge is -2.21. The summed E-state index contributed by atoms with van der Waals surface area (Å²) in [5, 5.41) is 4.97. The number of nitrogen functional groups attached to an aromatic ring is 1. The summed E-state index contributed by atoms with van der Waals surface area (Å²) in [7, 11) is 0. The average molecular weight is 306 g/mol. The molecule has 3 N–H and O–H groups in total. The first-order valence-corrected chi connectivity index (χ1v) is 7.92. The zero-order chi connectivity index (χ0) is 13.1. The van der Waals surface area contributed by atoms with Gasteiger partial charge in [0.05, 0.1) is 10.0 Å². The van der Waals surface area contributed by atoms with Gasteiger partial charge in [0.15, 0.2) is 0 Å². The molecule has 2 unspecified atom stereocenters. The number of hydrogen-bond acceptors (Lipinski definition) is 4. The van der Waals surface area contributed by atoms with E-state index < -0.39 is 0 Å². The Labute approximate surface area is 122 Å². The molecule has 100 valence electrons. The SMILES string of the molecule is CCSC1CCCC1Nc1nc(N)c(Cl)cc1Cl. The lowest BCUT2D eigenvalue weighted by atomic mass is 10.2. The maximum atomic E-state index is 6.13. The van der Waals surface area contributed by atoms with Crippen molar-refractivity contribution in [2.45, 2.75) is 37.5 Å². The average Bonchev–Trinajstić information content (AvgIpc) is 2.74. The van der Waals surface area contributed by atoms with Gasteiger partial charge in [-0.15, -0.1) is 0 Å². The van der Waals surface area contributed by atoms with Crippen LogP contribution in [0.1, 0.15) is 26.2 Å². The van der Waals surface area contributed by atoms with Crippen LogP contribution in [-0.4, -0.2) is 22.0 Å². The van der Waals surface area contributed by atoms with Crippen molar-refractivity contribution in [3.8, 4) is 0 Å². The first kappa shape index (κ1) is 14.1. The first-order valence-electron chi connectivity index (χ1n) is 6.11. The lowest BCUT2D eigenvalue weighted by molar-refractivity contribution is 0.763. The third-order valence-corrected chi connectivity index (χ3v) is 5.03. The Morgan fingerprint density at radius 3 is 2.94 bits per heavy atom. The molecule has 0 bridgehead atoms. The highest BCUT2D eigenvalue weighted by Crippen LogP contribution is 2.34. The third kappa shape index (κ3) is 3.16. The van der Waals surface area contributed by atoms with E-state index >= 15 is 0 Å². The van der Waals surface area contributed by atoms with Gasteiger partial charge in [0, 0.05) is 11.3 Å². The highest BCUT2D eigenvalue weighted by atomic mass is 35.5. The lowest BCUT2D eigenvalue weighted by Crippen LogP contribution is -2.27. The molecule has 1 aromatic heterocycles. The van der Waals surface area contributed by atoms with Gasteiger partial charge >= 0.3 is 0 Å². The van der Waals surface area contributed by atoms with Gasteiger partial charge in [-0.1, -0.05) is 36.5 Å². The van der Waals surface area contributed by atoms with E-state index in [4.69, 9.17) is 28.9 Å². The fraction of sp³-hybridized carbons (Fsp3) is 0.583. The predicted octanol–water partition coefficient (Wildman–Crippen LogP) is 4.06. The Kier molecular flexibility index (Phi) is 4.87. The topological polar surface area (TPSA) is 50.9 Å². The molecule has 1 aromatic rings. The van der Waals surface area contributed by atoms with Crippen LogP contribution in [0.5, 0.6) is 0 Å². The number of thioether (sulfide) groups is 1. The molecule has 0 aliphatic heterocycles. The maximum absolute atomic E-state index is 6.13. The van der Waals surface area contributed by atoms with Gasteiger partial charge in [-0.3, -0.25) is 0 Å². The van der Waals surface area contributed by atoms with Crippen molar-refractivity contribution >= 4 is 46.6 Å². The zero-order valence-corrected chi connectivity index (χ0v) is 12.6.